The van der Waals surface area contributed by atoms with Crippen LogP contribution in [-0.4, -0.2) is 43.8 Å². The van der Waals surface area contributed by atoms with Crippen LogP contribution < -0.4 is 5.32 Å². The summed E-state index contributed by atoms with van der Waals surface area (Å²) in [7, 11) is 0. The van der Waals surface area contributed by atoms with E-state index >= 15 is 0 Å². The van der Waals surface area contributed by atoms with Crippen molar-refractivity contribution in [3.05, 3.63) is 23.7 Å². The molecule has 0 radical (unpaired) electrons. The molecule has 1 saturated carbocycles. The average Bonchev–Trinajstić information content (AvgIpc) is 2.97. The lowest BCUT2D eigenvalue weighted by Crippen LogP contribution is -2.48. The van der Waals surface area contributed by atoms with Crippen molar-refractivity contribution in [3.8, 4) is 0 Å². The van der Waals surface area contributed by atoms with Gasteiger partial charge in [-0.25, -0.2) is 0 Å². The summed E-state index contributed by atoms with van der Waals surface area (Å²) in [5.41, 5.74) is 0. The monoisotopic (exact) mass is 320 g/mol. The Morgan fingerprint density at radius 2 is 1.87 bits per heavy atom. The summed E-state index contributed by atoms with van der Waals surface area (Å²) in [4.78, 5) is 2.51. The van der Waals surface area contributed by atoms with E-state index in [2.05, 4.69) is 36.2 Å². The van der Waals surface area contributed by atoms with Crippen molar-refractivity contribution in [2.45, 2.75) is 52.1 Å². The van der Waals surface area contributed by atoms with Crippen LogP contribution in [0.3, 0.4) is 0 Å². The smallest absolute Gasteiger partial charge is 0.122 e. The Balaban J connectivity index is 1.68. The van der Waals surface area contributed by atoms with E-state index in [1.165, 1.54) is 19.3 Å². The van der Waals surface area contributed by atoms with E-state index in [0.717, 1.165) is 56.2 Å². The second-order valence-corrected chi connectivity index (χ2v) is 7.43. The number of nitrogens with one attached hydrogen (secondary N) is 1. The molecule has 1 aromatic heterocycles. The van der Waals surface area contributed by atoms with Gasteiger partial charge in [-0.3, -0.25) is 4.90 Å². The van der Waals surface area contributed by atoms with Gasteiger partial charge in [0.15, 0.2) is 0 Å². The van der Waals surface area contributed by atoms with Gasteiger partial charge in [-0.15, -0.1) is 0 Å². The molecule has 3 atom stereocenters. The van der Waals surface area contributed by atoms with Gasteiger partial charge in [0.05, 0.1) is 19.3 Å². The number of hydrogen-bond donors (Lipinski definition) is 1. The van der Waals surface area contributed by atoms with Crippen molar-refractivity contribution < 1.29 is 9.15 Å². The predicted octanol–water partition coefficient (Wildman–Crippen LogP) is 3.38. The molecular formula is C19H32N2O2. The molecule has 2 heterocycles. The standard InChI is InChI=1S/C19H32N2O2/c1-14-5-4-6-15(2)19(14)20-13-17(18-8-7-16(3)23-18)21-9-11-22-12-10-21/h7-8,14-15,17,19-20H,4-6,9-13H2,1-3H3. The molecule has 0 spiro atoms. The molecule has 0 aromatic carbocycles. The molecule has 1 aromatic rings. The Bertz CT molecular complexity index is 471. The first-order valence-corrected chi connectivity index (χ1v) is 9.26. The lowest BCUT2D eigenvalue weighted by molar-refractivity contribution is 0.00958. The highest BCUT2D eigenvalue weighted by atomic mass is 16.5. The maximum absolute atomic E-state index is 5.97. The Labute approximate surface area is 140 Å². The van der Waals surface area contributed by atoms with E-state index in [-0.39, 0.29) is 0 Å². The van der Waals surface area contributed by atoms with E-state index in [0.29, 0.717) is 12.1 Å². The zero-order valence-corrected chi connectivity index (χ0v) is 14.9. The number of aryl methyl sites for hydroxylation is 1. The van der Waals surface area contributed by atoms with Crippen LogP contribution >= 0.6 is 0 Å². The summed E-state index contributed by atoms with van der Waals surface area (Å²) >= 11 is 0. The maximum atomic E-state index is 5.97. The highest BCUT2D eigenvalue weighted by Crippen LogP contribution is 2.30. The van der Waals surface area contributed by atoms with Gasteiger partial charge in [0.2, 0.25) is 0 Å². The van der Waals surface area contributed by atoms with E-state index in [1.54, 1.807) is 0 Å². The van der Waals surface area contributed by atoms with Crippen LogP contribution in [0, 0.1) is 18.8 Å². The molecular weight excluding hydrogens is 288 g/mol. The molecule has 3 rings (SSSR count). The van der Waals surface area contributed by atoms with Gasteiger partial charge in [0.1, 0.15) is 11.5 Å². The van der Waals surface area contributed by atoms with Crippen LogP contribution in [-0.2, 0) is 4.74 Å². The van der Waals surface area contributed by atoms with Gasteiger partial charge in [-0.1, -0.05) is 20.3 Å². The van der Waals surface area contributed by atoms with Gasteiger partial charge in [-0.2, -0.15) is 0 Å². The van der Waals surface area contributed by atoms with Crippen LogP contribution in [0.1, 0.15) is 50.7 Å². The van der Waals surface area contributed by atoms with Crippen molar-refractivity contribution in [2.75, 3.05) is 32.8 Å². The van der Waals surface area contributed by atoms with Crippen LogP contribution in [0.15, 0.2) is 16.5 Å². The summed E-state index contributed by atoms with van der Waals surface area (Å²) in [6.45, 7) is 11.4. The van der Waals surface area contributed by atoms with Gasteiger partial charge in [-0.05, 0) is 43.7 Å². The second-order valence-electron chi connectivity index (χ2n) is 7.43. The number of furan rings is 1. The number of rotatable bonds is 5. The maximum Gasteiger partial charge on any atom is 0.122 e. The highest BCUT2D eigenvalue weighted by Gasteiger charge is 2.30. The number of morpholine rings is 1. The summed E-state index contributed by atoms with van der Waals surface area (Å²) in [6.07, 6.45) is 4.08. The lowest BCUT2D eigenvalue weighted by atomic mass is 9.78. The molecule has 1 aliphatic heterocycles. The third-order valence-corrected chi connectivity index (χ3v) is 5.67. The van der Waals surface area contributed by atoms with Crippen molar-refractivity contribution in [1.82, 2.24) is 10.2 Å². The Kier molecular flexibility index (Phi) is 5.78. The molecule has 4 nitrogen and oxygen atoms in total. The minimum atomic E-state index is 0.314. The highest BCUT2D eigenvalue weighted by molar-refractivity contribution is 5.11. The first-order chi connectivity index (χ1) is 11.1. The van der Waals surface area contributed by atoms with Gasteiger partial charge < -0.3 is 14.5 Å². The quantitative estimate of drug-likeness (QED) is 0.902. The molecule has 4 heteroatoms. The zero-order valence-electron chi connectivity index (χ0n) is 14.9. The Hall–Kier alpha value is -0.840. The molecule has 0 amide bonds. The molecule has 1 saturated heterocycles. The van der Waals surface area contributed by atoms with Crippen LogP contribution in [0.5, 0.6) is 0 Å². The normalized spacial score (nSPS) is 31.2. The number of ether oxygens (including phenoxy) is 1. The number of nitrogens with zero attached hydrogens (tertiary/aromatic N) is 1. The second kappa shape index (κ2) is 7.82. The van der Waals surface area contributed by atoms with Gasteiger partial charge in [0.25, 0.3) is 0 Å². The SMILES string of the molecule is Cc1ccc(C(CNC2C(C)CCCC2C)N2CCOCC2)o1. The molecule has 3 unspecified atom stereocenters. The van der Waals surface area contributed by atoms with E-state index < -0.39 is 0 Å². The third-order valence-electron chi connectivity index (χ3n) is 5.67. The number of hydrogen-bond acceptors (Lipinski definition) is 4. The first-order valence-electron chi connectivity index (χ1n) is 9.26. The largest absolute Gasteiger partial charge is 0.465 e. The van der Waals surface area contributed by atoms with Crippen LogP contribution in [0.4, 0.5) is 0 Å². The molecule has 0 bridgehead atoms. The lowest BCUT2D eigenvalue weighted by Gasteiger charge is -2.38. The summed E-state index contributed by atoms with van der Waals surface area (Å²) < 4.78 is 11.5. The first kappa shape index (κ1) is 17.0. The fraction of sp³-hybridized carbons (Fsp3) is 0.789. The summed E-state index contributed by atoms with van der Waals surface area (Å²) in [5, 5.41) is 3.88. The van der Waals surface area contributed by atoms with Crippen molar-refractivity contribution in [2.24, 2.45) is 11.8 Å². The molecule has 2 aliphatic rings. The molecule has 130 valence electrons. The molecule has 23 heavy (non-hydrogen) atoms. The van der Waals surface area contributed by atoms with Crippen molar-refractivity contribution in [3.63, 3.8) is 0 Å². The average molecular weight is 320 g/mol. The van der Waals surface area contributed by atoms with Crippen LogP contribution in [0.2, 0.25) is 0 Å². The molecule has 1 N–H and O–H groups in total. The van der Waals surface area contributed by atoms with Crippen LogP contribution in [0.25, 0.3) is 0 Å². The minimum Gasteiger partial charge on any atom is -0.465 e. The van der Waals surface area contributed by atoms with Gasteiger partial charge >= 0.3 is 0 Å². The third kappa shape index (κ3) is 4.17. The van der Waals surface area contributed by atoms with Gasteiger partial charge in [0, 0.05) is 25.7 Å². The summed E-state index contributed by atoms with van der Waals surface area (Å²) in [5.74, 6) is 3.62. The fourth-order valence-corrected chi connectivity index (χ4v) is 4.26. The van der Waals surface area contributed by atoms with E-state index in [1.807, 2.05) is 6.92 Å². The summed E-state index contributed by atoms with van der Waals surface area (Å²) in [6, 6.07) is 5.16. The van der Waals surface area contributed by atoms with E-state index in [4.69, 9.17) is 9.15 Å². The molecule has 2 fully saturated rings. The van der Waals surface area contributed by atoms with E-state index in [9.17, 15) is 0 Å². The zero-order chi connectivity index (χ0) is 16.2. The topological polar surface area (TPSA) is 37.6 Å². The molecule has 1 aliphatic carbocycles. The minimum absolute atomic E-state index is 0.314. The van der Waals surface area contributed by atoms with Crippen molar-refractivity contribution in [1.29, 1.82) is 0 Å². The fourth-order valence-electron chi connectivity index (χ4n) is 4.26. The Morgan fingerprint density at radius 3 is 2.48 bits per heavy atom. The Morgan fingerprint density at radius 1 is 1.17 bits per heavy atom. The van der Waals surface area contributed by atoms with Crippen molar-refractivity contribution >= 4 is 0 Å². The predicted molar refractivity (Wildman–Crippen MR) is 92.5 cm³/mol.